The van der Waals surface area contributed by atoms with E-state index < -0.39 is 5.41 Å². The summed E-state index contributed by atoms with van der Waals surface area (Å²) >= 11 is 0. The van der Waals surface area contributed by atoms with E-state index in [1.54, 1.807) is 0 Å². The molecule has 0 saturated heterocycles. The van der Waals surface area contributed by atoms with Crippen LogP contribution in [0.15, 0.2) is 176 Å². The number of aromatic nitrogens is 3. The van der Waals surface area contributed by atoms with E-state index in [2.05, 4.69) is 176 Å². The third-order valence-corrected chi connectivity index (χ3v) is 11.8. The van der Waals surface area contributed by atoms with Gasteiger partial charge in [-0.1, -0.05) is 140 Å². The molecule has 2 aromatic heterocycles. The summed E-state index contributed by atoms with van der Waals surface area (Å²) in [4.78, 5) is 14.2. The van der Waals surface area contributed by atoms with Crippen LogP contribution in [-0.2, 0) is 5.41 Å². The fraction of sp³-hybridized carbons (Fsp3) is 0.0577. The first-order valence-electron chi connectivity index (χ1n) is 18.9. The van der Waals surface area contributed by atoms with Crippen LogP contribution < -0.4 is 0 Å². The van der Waals surface area contributed by atoms with Gasteiger partial charge in [0.2, 0.25) is 0 Å². The smallest absolute Gasteiger partial charge is 0.126 e. The first-order valence-corrected chi connectivity index (χ1v) is 18.9. The lowest BCUT2D eigenvalue weighted by Gasteiger charge is -2.30. The van der Waals surface area contributed by atoms with Gasteiger partial charge in [0.1, 0.15) is 5.82 Å². The molecule has 2 aliphatic carbocycles. The van der Waals surface area contributed by atoms with Gasteiger partial charge in [0, 0.05) is 23.5 Å². The third kappa shape index (κ3) is 4.66. The third-order valence-electron chi connectivity index (χ3n) is 11.8. The Labute approximate surface area is 320 Å². The number of hydrogen-bond donors (Lipinski definition) is 0. The molecular formula is C52H35N3. The normalized spacial score (nSPS) is 14.8. The molecule has 2 aliphatic rings. The molecule has 0 saturated carbocycles. The SMILES string of the molecule is Cc1nc(-c2ccc3c(c2)-c2ccccc2C32c3ccccc3-c3ccc(-c4ccc(-c5ccncc5C)cc4)cc32)cc(-c2cccc3ccccc23)n1. The molecule has 0 N–H and O–H groups in total. The summed E-state index contributed by atoms with van der Waals surface area (Å²) in [6, 6.07) is 60.2. The second-order valence-corrected chi connectivity index (χ2v) is 14.8. The van der Waals surface area contributed by atoms with Crippen molar-refractivity contribution in [2.24, 2.45) is 0 Å². The summed E-state index contributed by atoms with van der Waals surface area (Å²) in [6.07, 6.45) is 3.80. The van der Waals surface area contributed by atoms with Crippen LogP contribution in [-0.4, -0.2) is 15.0 Å². The quantitative estimate of drug-likeness (QED) is 0.183. The molecule has 0 aliphatic heterocycles. The van der Waals surface area contributed by atoms with Crippen molar-refractivity contribution in [2.45, 2.75) is 19.3 Å². The zero-order valence-corrected chi connectivity index (χ0v) is 30.6. The van der Waals surface area contributed by atoms with Crippen molar-refractivity contribution < 1.29 is 0 Å². The van der Waals surface area contributed by atoms with Gasteiger partial charge >= 0.3 is 0 Å². The number of fused-ring (bicyclic) bond motifs is 11. The monoisotopic (exact) mass is 701 g/mol. The van der Waals surface area contributed by atoms with Crippen molar-refractivity contribution >= 4 is 10.8 Å². The molecule has 9 aromatic rings. The lowest BCUT2D eigenvalue weighted by atomic mass is 9.70. The van der Waals surface area contributed by atoms with E-state index in [9.17, 15) is 0 Å². The van der Waals surface area contributed by atoms with Crippen molar-refractivity contribution in [3.63, 3.8) is 0 Å². The average Bonchev–Trinajstić information content (AvgIpc) is 3.70. The maximum Gasteiger partial charge on any atom is 0.126 e. The maximum atomic E-state index is 5.01. The summed E-state index contributed by atoms with van der Waals surface area (Å²) < 4.78 is 0. The summed E-state index contributed by atoms with van der Waals surface area (Å²) in [6.45, 7) is 4.11. The average molecular weight is 702 g/mol. The van der Waals surface area contributed by atoms with Gasteiger partial charge in [-0.2, -0.15) is 0 Å². The lowest BCUT2D eigenvalue weighted by Crippen LogP contribution is -2.25. The zero-order valence-electron chi connectivity index (χ0n) is 30.6. The molecule has 258 valence electrons. The first kappa shape index (κ1) is 31.5. The van der Waals surface area contributed by atoms with Crippen molar-refractivity contribution in [1.82, 2.24) is 15.0 Å². The molecule has 55 heavy (non-hydrogen) atoms. The topological polar surface area (TPSA) is 38.7 Å². The van der Waals surface area contributed by atoms with Crippen molar-refractivity contribution in [1.29, 1.82) is 0 Å². The van der Waals surface area contributed by atoms with Crippen LogP contribution in [0.4, 0.5) is 0 Å². The molecular weight excluding hydrogens is 667 g/mol. The Bertz CT molecular complexity index is 3010. The van der Waals surface area contributed by atoms with Gasteiger partial charge in [0.15, 0.2) is 0 Å². The Hall–Kier alpha value is -6.97. The highest BCUT2D eigenvalue weighted by Crippen LogP contribution is 2.63. The summed E-state index contributed by atoms with van der Waals surface area (Å²) in [5.74, 6) is 0.757. The predicted molar refractivity (Wildman–Crippen MR) is 225 cm³/mol. The van der Waals surface area contributed by atoms with Crippen LogP contribution in [0.3, 0.4) is 0 Å². The van der Waals surface area contributed by atoms with E-state index in [1.807, 2.05) is 19.3 Å². The number of nitrogens with zero attached hydrogens (tertiary/aromatic N) is 3. The van der Waals surface area contributed by atoms with E-state index in [-0.39, 0.29) is 0 Å². The maximum absolute atomic E-state index is 5.01. The van der Waals surface area contributed by atoms with Gasteiger partial charge in [-0.25, -0.2) is 9.97 Å². The Morgan fingerprint density at radius 1 is 0.400 bits per heavy atom. The second-order valence-electron chi connectivity index (χ2n) is 14.8. The van der Waals surface area contributed by atoms with Crippen LogP contribution >= 0.6 is 0 Å². The van der Waals surface area contributed by atoms with Gasteiger partial charge < -0.3 is 0 Å². The molecule has 0 radical (unpaired) electrons. The highest BCUT2D eigenvalue weighted by Gasteiger charge is 2.51. The van der Waals surface area contributed by atoms with Crippen molar-refractivity contribution in [2.75, 3.05) is 0 Å². The Kier molecular flexibility index (Phi) is 6.90. The summed E-state index contributed by atoms with van der Waals surface area (Å²) in [5.41, 5.74) is 20.0. The molecule has 2 heterocycles. The Morgan fingerprint density at radius 2 is 1.02 bits per heavy atom. The predicted octanol–water partition coefficient (Wildman–Crippen LogP) is 12.7. The Balaban J connectivity index is 1.08. The number of hydrogen-bond acceptors (Lipinski definition) is 3. The van der Waals surface area contributed by atoms with Crippen LogP contribution in [0.1, 0.15) is 33.6 Å². The second kappa shape index (κ2) is 12.0. The standard InChI is InChI=1S/C52H35N3/c1-32-31-53-27-26-39(32)36-20-18-34(19-21-36)37-22-24-43-41-13-5-7-16-46(41)52(49(43)29-37)47-17-8-6-14-42(47)45-28-38(23-25-48(45)52)50-30-51(55-33(2)54-50)44-15-9-11-35-10-3-4-12-40(35)44/h3-31H,1-2H3. The van der Waals surface area contributed by atoms with Gasteiger partial charge in [-0.3, -0.25) is 4.98 Å². The van der Waals surface area contributed by atoms with Gasteiger partial charge in [0.25, 0.3) is 0 Å². The minimum Gasteiger partial charge on any atom is -0.264 e. The van der Waals surface area contributed by atoms with Crippen molar-refractivity contribution in [3.05, 3.63) is 210 Å². The molecule has 11 rings (SSSR count). The number of benzene rings is 7. The fourth-order valence-corrected chi connectivity index (χ4v) is 9.42. The minimum absolute atomic E-state index is 0.448. The molecule has 0 amide bonds. The molecule has 3 heteroatoms. The lowest BCUT2D eigenvalue weighted by molar-refractivity contribution is 0.794. The van der Waals surface area contributed by atoms with E-state index >= 15 is 0 Å². The van der Waals surface area contributed by atoms with Crippen LogP contribution in [0.25, 0.3) is 77.8 Å². The van der Waals surface area contributed by atoms with E-state index in [0.29, 0.717) is 0 Å². The molecule has 1 atom stereocenters. The molecule has 0 fully saturated rings. The molecule has 1 spiro atoms. The van der Waals surface area contributed by atoms with Gasteiger partial charge in [0.05, 0.1) is 16.8 Å². The minimum atomic E-state index is -0.448. The van der Waals surface area contributed by atoms with Crippen LogP contribution in [0.2, 0.25) is 0 Å². The molecule has 7 aromatic carbocycles. The fourth-order valence-electron chi connectivity index (χ4n) is 9.42. The molecule has 3 nitrogen and oxygen atoms in total. The van der Waals surface area contributed by atoms with Gasteiger partial charge in [-0.05, 0) is 121 Å². The van der Waals surface area contributed by atoms with E-state index in [4.69, 9.17) is 9.97 Å². The van der Waals surface area contributed by atoms with E-state index in [1.165, 1.54) is 83.1 Å². The number of rotatable bonds is 4. The van der Waals surface area contributed by atoms with Gasteiger partial charge in [-0.15, -0.1) is 0 Å². The van der Waals surface area contributed by atoms with E-state index in [0.717, 1.165) is 28.3 Å². The highest BCUT2D eigenvalue weighted by molar-refractivity contribution is 5.98. The number of pyridine rings is 1. The first-order chi connectivity index (χ1) is 27.1. The summed E-state index contributed by atoms with van der Waals surface area (Å²) in [7, 11) is 0. The van der Waals surface area contributed by atoms with Crippen LogP contribution in [0.5, 0.6) is 0 Å². The molecule has 0 bridgehead atoms. The number of aryl methyl sites for hydroxylation is 2. The van der Waals surface area contributed by atoms with Crippen LogP contribution in [0, 0.1) is 13.8 Å². The van der Waals surface area contributed by atoms with Crippen molar-refractivity contribution in [3.8, 4) is 67.0 Å². The molecule has 1 unspecified atom stereocenters. The zero-order chi connectivity index (χ0) is 36.7. The Morgan fingerprint density at radius 3 is 1.84 bits per heavy atom. The summed E-state index contributed by atoms with van der Waals surface area (Å²) in [5, 5.41) is 2.39. The largest absolute Gasteiger partial charge is 0.264 e. The highest BCUT2D eigenvalue weighted by atomic mass is 14.9.